The van der Waals surface area contributed by atoms with Crippen molar-refractivity contribution in [2.45, 2.75) is 18.5 Å². The van der Waals surface area contributed by atoms with E-state index in [4.69, 9.17) is 5.11 Å². The number of aryl methyl sites for hydroxylation is 1. The average Bonchev–Trinajstić information content (AvgIpc) is 2.93. The van der Waals surface area contributed by atoms with Gasteiger partial charge in [0.05, 0.1) is 5.75 Å². The van der Waals surface area contributed by atoms with Crippen LogP contribution in [0.5, 0.6) is 0 Å². The molecule has 8 nitrogen and oxygen atoms in total. The van der Waals surface area contributed by atoms with Crippen LogP contribution in [0.15, 0.2) is 15.5 Å². The quantitative estimate of drug-likeness (QED) is 0.512. The van der Waals surface area contributed by atoms with Crippen LogP contribution in [0.3, 0.4) is 0 Å². The van der Waals surface area contributed by atoms with Crippen LogP contribution < -0.4 is 10.9 Å². The van der Waals surface area contributed by atoms with Gasteiger partial charge in [0.2, 0.25) is 11.0 Å². The maximum Gasteiger partial charge on any atom is 0.255 e. The summed E-state index contributed by atoms with van der Waals surface area (Å²) in [6.45, 7) is 1.59. The molecule has 2 heterocycles. The predicted octanol–water partition coefficient (Wildman–Crippen LogP) is 0.195. The summed E-state index contributed by atoms with van der Waals surface area (Å²) >= 11 is 2.35. The molecule has 0 atom stereocenters. The molecule has 112 valence electrons. The zero-order chi connectivity index (χ0) is 15.2. The Hall–Kier alpha value is -1.78. The summed E-state index contributed by atoms with van der Waals surface area (Å²) in [6.07, 6.45) is 0.261. The predicted molar refractivity (Wildman–Crippen MR) is 79.6 cm³/mol. The van der Waals surface area contributed by atoms with E-state index in [1.165, 1.54) is 16.8 Å². The van der Waals surface area contributed by atoms with E-state index in [0.717, 1.165) is 11.8 Å². The van der Waals surface area contributed by atoms with Gasteiger partial charge in [-0.25, -0.2) is 4.98 Å². The SMILES string of the molecule is Cc1nc(SCC(=O)Nc2nncs2)[nH]c(=O)c1CCO. The molecule has 2 aromatic heterocycles. The Balaban J connectivity index is 1.97. The van der Waals surface area contributed by atoms with Gasteiger partial charge >= 0.3 is 0 Å². The summed E-state index contributed by atoms with van der Waals surface area (Å²) in [5.41, 5.74) is 2.24. The van der Waals surface area contributed by atoms with Crippen LogP contribution >= 0.6 is 23.1 Å². The van der Waals surface area contributed by atoms with Gasteiger partial charge in [0.1, 0.15) is 5.51 Å². The Kier molecular flexibility index (Phi) is 5.42. The molecule has 0 radical (unpaired) electrons. The molecule has 0 saturated heterocycles. The van der Waals surface area contributed by atoms with Crippen LogP contribution in [-0.4, -0.2) is 43.5 Å². The van der Waals surface area contributed by atoms with E-state index in [1.54, 1.807) is 6.92 Å². The van der Waals surface area contributed by atoms with Gasteiger partial charge < -0.3 is 10.1 Å². The topological polar surface area (TPSA) is 121 Å². The number of thioether (sulfide) groups is 1. The highest BCUT2D eigenvalue weighted by molar-refractivity contribution is 7.99. The number of hydrogen-bond acceptors (Lipinski definition) is 8. The van der Waals surface area contributed by atoms with Gasteiger partial charge in [-0.3, -0.25) is 14.9 Å². The number of aliphatic hydroxyl groups is 1. The minimum absolute atomic E-state index is 0.0985. The lowest BCUT2D eigenvalue weighted by molar-refractivity contribution is -0.113. The highest BCUT2D eigenvalue weighted by Gasteiger charge is 2.10. The van der Waals surface area contributed by atoms with Crippen molar-refractivity contribution >= 4 is 34.1 Å². The first-order valence-corrected chi connectivity index (χ1v) is 7.86. The molecule has 0 aromatic carbocycles. The Labute approximate surface area is 128 Å². The van der Waals surface area contributed by atoms with Crippen molar-refractivity contribution in [3.8, 4) is 0 Å². The molecule has 0 aliphatic heterocycles. The van der Waals surface area contributed by atoms with Crippen LogP contribution in [-0.2, 0) is 11.2 Å². The second-order valence-corrected chi connectivity index (χ2v) is 5.79. The van der Waals surface area contributed by atoms with Crippen LogP contribution in [0, 0.1) is 6.92 Å². The fourth-order valence-electron chi connectivity index (χ4n) is 1.58. The number of nitrogens with one attached hydrogen (secondary N) is 2. The van der Waals surface area contributed by atoms with E-state index in [1.807, 2.05) is 0 Å². The molecule has 21 heavy (non-hydrogen) atoms. The van der Waals surface area contributed by atoms with E-state index >= 15 is 0 Å². The third-order valence-corrected chi connectivity index (χ3v) is 3.99. The Morgan fingerprint density at radius 2 is 2.38 bits per heavy atom. The number of hydrogen-bond donors (Lipinski definition) is 3. The smallest absolute Gasteiger partial charge is 0.255 e. The van der Waals surface area contributed by atoms with Gasteiger partial charge in [-0.05, 0) is 6.92 Å². The van der Waals surface area contributed by atoms with E-state index in [-0.39, 0.29) is 30.2 Å². The lowest BCUT2D eigenvalue weighted by Crippen LogP contribution is -2.19. The molecule has 0 spiro atoms. The molecule has 10 heteroatoms. The number of amides is 1. The lowest BCUT2D eigenvalue weighted by Gasteiger charge is -2.05. The second-order valence-electron chi connectivity index (χ2n) is 3.99. The summed E-state index contributed by atoms with van der Waals surface area (Å²) in [7, 11) is 0. The molecule has 0 unspecified atom stereocenters. The van der Waals surface area contributed by atoms with Crippen molar-refractivity contribution in [2.75, 3.05) is 17.7 Å². The molecular weight excluding hydrogens is 314 g/mol. The fraction of sp³-hybridized carbons (Fsp3) is 0.364. The third-order valence-electron chi connectivity index (χ3n) is 2.51. The zero-order valence-electron chi connectivity index (χ0n) is 11.1. The van der Waals surface area contributed by atoms with Crippen molar-refractivity contribution in [3.05, 3.63) is 27.1 Å². The molecule has 0 saturated carbocycles. The van der Waals surface area contributed by atoms with Crippen molar-refractivity contribution in [2.24, 2.45) is 0 Å². The molecular formula is C11H13N5O3S2. The largest absolute Gasteiger partial charge is 0.396 e. The van der Waals surface area contributed by atoms with Crippen molar-refractivity contribution in [1.29, 1.82) is 0 Å². The molecule has 0 aliphatic rings. The first-order valence-electron chi connectivity index (χ1n) is 5.99. The van der Waals surface area contributed by atoms with E-state index in [9.17, 15) is 9.59 Å². The highest BCUT2D eigenvalue weighted by atomic mass is 32.2. The first kappa shape index (κ1) is 15.6. The monoisotopic (exact) mass is 327 g/mol. The van der Waals surface area contributed by atoms with Crippen LogP contribution in [0.1, 0.15) is 11.3 Å². The van der Waals surface area contributed by atoms with Crippen molar-refractivity contribution < 1.29 is 9.90 Å². The van der Waals surface area contributed by atoms with Crippen LogP contribution in [0.2, 0.25) is 0 Å². The number of carbonyl (C=O) groups is 1. The molecule has 3 N–H and O–H groups in total. The zero-order valence-corrected chi connectivity index (χ0v) is 12.8. The number of aromatic nitrogens is 4. The Morgan fingerprint density at radius 1 is 1.57 bits per heavy atom. The van der Waals surface area contributed by atoms with Crippen molar-refractivity contribution in [1.82, 2.24) is 20.2 Å². The normalized spacial score (nSPS) is 10.6. The average molecular weight is 327 g/mol. The van der Waals surface area contributed by atoms with Gasteiger partial charge in [-0.15, -0.1) is 10.2 Å². The van der Waals surface area contributed by atoms with E-state index in [2.05, 4.69) is 25.5 Å². The summed E-state index contributed by atoms with van der Waals surface area (Å²) in [5, 5.41) is 19.6. The molecule has 0 fully saturated rings. The fourth-order valence-corrected chi connectivity index (χ4v) is 2.74. The first-order chi connectivity index (χ1) is 10.1. The molecule has 1 amide bonds. The second kappa shape index (κ2) is 7.29. The summed E-state index contributed by atoms with van der Waals surface area (Å²) in [5.74, 6) is -0.155. The highest BCUT2D eigenvalue weighted by Crippen LogP contribution is 2.14. The third kappa shape index (κ3) is 4.34. The van der Waals surface area contributed by atoms with Gasteiger partial charge in [0, 0.05) is 24.3 Å². The van der Waals surface area contributed by atoms with Gasteiger partial charge in [-0.2, -0.15) is 0 Å². The van der Waals surface area contributed by atoms with E-state index < -0.39 is 0 Å². The van der Waals surface area contributed by atoms with Crippen LogP contribution in [0.4, 0.5) is 5.13 Å². The molecule has 2 aromatic rings. The van der Waals surface area contributed by atoms with Crippen molar-refractivity contribution in [3.63, 3.8) is 0 Å². The van der Waals surface area contributed by atoms with E-state index in [0.29, 0.717) is 21.5 Å². The maximum atomic E-state index is 11.8. The Morgan fingerprint density at radius 3 is 3.00 bits per heavy atom. The maximum absolute atomic E-state index is 11.8. The molecule has 0 bridgehead atoms. The molecule has 0 aliphatic carbocycles. The number of carbonyl (C=O) groups excluding carboxylic acids is 1. The number of H-pyrrole nitrogens is 1. The number of anilines is 1. The van der Waals surface area contributed by atoms with Gasteiger partial charge in [-0.1, -0.05) is 23.1 Å². The van der Waals surface area contributed by atoms with Crippen LogP contribution in [0.25, 0.3) is 0 Å². The van der Waals surface area contributed by atoms with Gasteiger partial charge in [0.15, 0.2) is 5.16 Å². The number of rotatable bonds is 6. The number of aliphatic hydroxyl groups excluding tert-OH is 1. The number of aromatic amines is 1. The molecule has 2 rings (SSSR count). The Bertz CT molecular complexity index is 671. The minimum atomic E-state index is -0.288. The standard InChI is InChI=1S/C11H13N5O3S2/c1-6-7(2-3-17)9(19)15-10(13-6)20-4-8(18)14-11-16-12-5-21-11/h5,17H,2-4H2,1H3,(H,13,15,19)(H,14,16,18). The minimum Gasteiger partial charge on any atom is -0.396 e. The summed E-state index contributed by atoms with van der Waals surface area (Å²) in [6, 6.07) is 0. The lowest BCUT2D eigenvalue weighted by atomic mass is 10.2. The summed E-state index contributed by atoms with van der Waals surface area (Å²) in [4.78, 5) is 30.3. The summed E-state index contributed by atoms with van der Waals surface area (Å²) < 4.78 is 0. The van der Waals surface area contributed by atoms with Gasteiger partial charge in [0.25, 0.3) is 5.56 Å². The number of nitrogens with zero attached hydrogens (tertiary/aromatic N) is 3.